The van der Waals surface area contributed by atoms with E-state index in [1.54, 1.807) is 36.2 Å². The van der Waals surface area contributed by atoms with Crippen molar-refractivity contribution in [3.63, 3.8) is 0 Å². The minimum Gasteiger partial charge on any atom is -0.337 e. The highest BCUT2D eigenvalue weighted by molar-refractivity contribution is 6.11. The first-order chi connectivity index (χ1) is 8.59. The molecule has 0 unspecified atom stereocenters. The largest absolute Gasteiger partial charge is 0.337 e. The summed E-state index contributed by atoms with van der Waals surface area (Å²) in [7, 11) is 1.73. The Bertz CT molecular complexity index is 694. The van der Waals surface area contributed by atoms with Crippen LogP contribution in [-0.4, -0.2) is 22.8 Å². The number of rotatable bonds is 1. The van der Waals surface area contributed by atoms with E-state index in [-0.39, 0.29) is 11.6 Å². The summed E-state index contributed by atoms with van der Waals surface area (Å²) in [5.74, 6) is -0.0893. The molecule has 0 saturated heterocycles. The molecule has 18 heavy (non-hydrogen) atoms. The highest BCUT2D eigenvalue weighted by atomic mass is 16.6. The second-order valence-corrected chi connectivity index (χ2v) is 4.39. The second-order valence-electron chi connectivity index (χ2n) is 4.39. The lowest BCUT2D eigenvalue weighted by molar-refractivity contribution is -0.383. The molecule has 3 rings (SSSR count). The van der Waals surface area contributed by atoms with Crippen molar-refractivity contribution >= 4 is 22.4 Å². The molecule has 2 aromatic carbocycles. The van der Waals surface area contributed by atoms with Gasteiger partial charge in [-0.3, -0.25) is 14.9 Å². The molecule has 0 fully saturated rings. The maximum Gasteiger partial charge on any atom is 0.277 e. The van der Waals surface area contributed by atoms with Gasteiger partial charge in [-0.2, -0.15) is 0 Å². The van der Waals surface area contributed by atoms with Crippen LogP contribution in [-0.2, 0) is 6.54 Å². The molecule has 5 nitrogen and oxygen atoms in total. The maximum absolute atomic E-state index is 12.0. The van der Waals surface area contributed by atoms with Gasteiger partial charge in [-0.25, -0.2) is 0 Å². The molecule has 0 spiro atoms. The maximum atomic E-state index is 12.0. The normalized spacial score (nSPS) is 14.1. The number of benzene rings is 2. The molecule has 0 atom stereocenters. The first-order valence-corrected chi connectivity index (χ1v) is 5.54. The van der Waals surface area contributed by atoms with E-state index >= 15 is 0 Å². The molecular formula is C13H10N2O3. The number of nitro groups is 1. The molecule has 0 bridgehead atoms. The Morgan fingerprint density at radius 2 is 2.06 bits per heavy atom. The van der Waals surface area contributed by atoms with E-state index in [1.807, 2.05) is 0 Å². The van der Waals surface area contributed by atoms with Crippen LogP contribution in [0.1, 0.15) is 15.9 Å². The average Bonchev–Trinajstić information content (AvgIpc) is 2.35. The molecule has 0 aromatic heterocycles. The fourth-order valence-corrected chi connectivity index (χ4v) is 2.47. The molecule has 0 saturated carbocycles. The Kier molecular flexibility index (Phi) is 2.10. The van der Waals surface area contributed by atoms with Crippen LogP contribution in [0.4, 0.5) is 5.69 Å². The number of nitro benzene ring substituents is 1. The number of nitrogens with zero attached hydrogens (tertiary/aromatic N) is 2. The van der Waals surface area contributed by atoms with Gasteiger partial charge in [0.05, 0.1) is 10.3 Å². The molecule has 1 amide bonds. The Morgan fingerprint density at radius 1 is 1.28 bits per heavy atom. The fourth-order valence-electron chi connectivity index (χ4n) is 2.47. The van der Waals surface area contributed by atoms with Crippen molar-refractivity contribution in [3.05, 3.63) is 51.6 Å². The predicted octanol–water partition coefficient (Wildman–Crippen LogP) is 2.33. The molecule has 1 heterocycles. The van der Waals surface area contributed by atoms with Gasteiger partial charge in [-0.1, -0.05) is 6.07 Å². The monoisotopic (exact) mass is 242 g/mol. The van der Waals surface area contributed by atoms with Crippen LogP contribution in [0.15, 0.2) is 30.3 Å². The smallest absolute Gasteiger partial charge is 0.277 e. The second kappa shape index (κ2) is 3.53. The number of amides is 1. The SMILES string of the molecule is CN1Cc2ccc([N+](=O)[O-])c3cccc(c23)C1=O. The molecule has 90 valence electrons. The zero-order valence-corrected chi connectivity index (χ0v) is 9.71. The Hall–Kier alpha value is -2.43. The number of hydrogen-bond acceptors (Lipinski definition) is 3. The van der Waals surface area contributed by atoms with Crippen LogP contribution in [0.5, 0.6) is 0 Å². The predicted molar refractivity (Wildman–Crippen MR) is 66.4 cm³/mol. The standard InChI is InChI=1S/C13H10N2O3/c1-14-7-8-5-6-11(15(17)18)9-3-2-4-10(12(8)9)13(14)16/h2-6H,7H2,1H3. The number of carbonyl (C=O) groups excluding carboxylic acids is 1. The van der Waals surface area contributed by atoms with Gasteiger partial charge < -0.3 is 4.90 Å². The van der Waals surface area contributed by atoms with Crippen LogP contribution >= 0.6 is 0 Å². The molecule has 1 aliphatic heterocycles. The van der Waals surface area contributed by atoms with Crippen molar-refractivity contribution in [2.45, 2.75) is 6.54 Å². The van der Waals surface area contributed by atoms with E-state index in [2.05, 4.69) is 0 Å². The molecule has 5 heteroatoms. The summed E-state index contributed by atoms with van der Waals surface area (Å²) in [6, 6.07) is 8.33. The van der Waals surface area contributed by atoms with Crippen molar-refractivity contribution in [2.75, 3.05) is 7.05 Å². The van der Waals surface area contributed by atoms with E-state index in [1.165, 1.54) is 6.07 Å². The van der Waals surface area contributed by atoms with E-state index in [0.717, 1.165) is 10.9 Å². The van der Waals surface area contributed by atoms with Crippen molar-refractivity contribution in [3.8, 4) is 0 Å². The van der Waals surface area contributed by atoms with E-state index in [4.69, 9.17) is 0 Å². The zero-order chi connectivity index (χ0) is 12.9. The summed E-state index contributed by atoms with van der Waals surface area (Å²) in [4.78, 5) is 24.2. The lowest BCUT2D eigenvalue weighted by Gasteiger charge is -2.25. The Balaban J connectivity index is 2.44. The van der Waals surface area contributed by atoms with Gasteiger partial charge in [0.2, 0.25) is 0 Å². The van der Waals surface area contributed by atoms with Gasteiger partial charge >= 0.3 is 0 Å². The molecule has 0 radical (unpaired) electrons. The van der Waals surface area contributed by atoms with E-state index < -0.39 is 4.92 Å². The summed E-state index contributed by atoms with van der Waals surface area (Å²) >= 11 is 0. The fraction of sp³-hybridized carbons (Fsp3) is 0.154. The summed E-state index contributed by atoms with van der Waals surface area (Å²) in [6.45, 7) is 0.490. The van der Waals surface area contributed by atoms with Crippen LogP contribution in [0.3, 0.4) is 0 Å². The average molecular weight is 242 g/mol. The molecule has 2 aromatic rings. The molecular weight excluding hydrogens is 232 g/mol. The van der Waals surface area contributed by atoms with Crippen molar-refractivity contribution in [1.82, 2.24) is 4.90 Å². The van der Waals surface area contributed by atoms with E-state index in [0.29, 0.717) is 17.5 Å². The third-order valence-electron chi connectivity index (χ3n) is 3.29. The Morgan fingerprint density at radius 3 is 2.78 bits per heavy atom. The number of hydrogen-bond donors (Lipinski definition) is 0. The first-order valence-electron chi connectivity index (χ1n) is 5.54. The first kappa shape index (κ1) is 10.7. The van der Waals surface area contributed by atoms with Crippen LogP contribution < -0.4 is 0 Å². The number of non-ortho nitro benzene ring substituents is 1. The van der Waals surface area contributed by atoms with Crippen molar-refractivity contribution < 1.29 is 9.72 Å². The zero-order valence-electron chi connectivity index (χ0n) is 9.71. The minimum atomic E-state index is -0.411. The van der Waals surface area contributed by atoms with E-state index in [9.17, 15) is 14.9 Å². The highest BCUT2D eigenvalue weighted by Crippen LogP contribution is 2.34. The van der Waals surface area contributed by atoms with Crippen LogP contribution in [0, 0.1) is 10.1 Å². The minimum absolute atomic E-state index is 0.0490. The summed E-state index contributed by atoms with van der Waals surface area (Å²) in [6.07, 6.45) is 0. The third-order valence-corrected chi connectivity index (χ3v) is 3.29. The summed E-state index contributed by atoms with van der Waals surface area (Å²) in [5, 5.41) is 12.3. The number of carbonyl (C=O) groups is 1. The van der Waals surface area contributed by atoms with Gasteiger partial charge in [-0.05, 0) is 23.8 Å². The summed E-state index contributed by atoms with van der Waals surface area (Å²) < 4.78 is 0. The molecule has 0 N–H and O–H groups in total. The van der Waals surface area contributed by atoms with Crippen LogP contribution in [0.25, 0.3) is 10.8 Å². The quantitative estimate of drug-likeness (QED) is 0.569. The Labute approximate surface area is 103 Å². The van der Waals surface area contributed by atoms with Gasteiger partial charge in [-0.15, -0.1) is 0 Å². The third kappa shape index (κ3) is 1.30. The van der Waals surface area contributed by atoms with Crippen molar-refractivity contribution in [1.29, 1.82) is 0 Å². The molecule has 1 aliphatic rings. The van der Waals surface area contributed by atoms with Gasteiger partial charge in [0.1, 0.15) is 0 Å². The van der Waals surface area contributed by atoms with Gasteiger partial charge in [0, 0.05) is 30.6 Å². The van der Waals surface area contributed by atoms with Gasteiger partial charge in [0.15, 0.2) is 0 Å². The van der Waals surface area contributed by atoms with Gasteiger partial charge in [0.25, 0.3) is 11.6 Å². The summed E-state index contributed by atoms with van der Waals surface area (Å²) in [5.41, 5.74) is 1.54. The van der Waals surface area contributed by atoms with Crippen LogP contribution in [0.2, 0.25) is 0 Å². The van der Waals surface area contributed by atoms with Crippen molar-refractivity contribution in [2.24, 2.45) is 0 Å². The highest BCUT2D eigenvalue weighted by Gasteiger charge is 2.26. The lowest BCUT2D eigenvalue weighted by Crippen LogP contribution is -2.30. The lowest BCUT2D eigenvalue weighted by atomic mass is 9.94. The molecule has 0 aliphatic carbocycles. The topological polar surface area (TPSA) is 63.4 Å².